The van der Waals surface area contributed by atoms with Crippen LogP contribution in [0.15, 0.2) is 59.7 Å². The number of halogens is 2. The van der Waals surface area contributed by atoms with Gasteiger partial charge in [-0.3, -0.25) is 6.08 Å². The molecule has 0 heterocycles. The van der Waals surface area contributed by atoms with Gasteiger partial charge in [0.25, 0.3) is 0 Å². The van der Waals surface area contributed by atoms with Crippen molar-refractivity contribution in [2.75, 3.05) is 0 Å². The molecule has 1 fully saturated rings. The number of hydrogen-bond acceptors (Lipinski definition) is 0. The summed E-state index contributed by atoms with van der Waals surface area (Å²) >= 11 is 1.69. The summed E-state index contributed by atoms with van der Waals surface area (Å²) in [5.41, 5.74) is 6.03. The Morgan fingerprint density at radius 1 is 0.800 bits per heavy atom. The van der Waals surface area contributed by atoms with Crippen LogP contribution in [0.3, 0.4) is 0 Å². The van der Waals surface area contributed by atoms with Crippen LogP contribution in [0.2, 0.25) is 0 Å². The van der Waals surface area contributed by atoms with E-state index < -0.39 is 0 Å². The molecule has 3 aromatic carbocycles. The van der Waals surface area contributed by atoms with Crippen molar-refractivity contribution in [2.24, 2.45) is 11.8 Å². The maximum atomic E-state index is 3.37. The molecule has 0 aliphatic heterocycles. The van der Waals surface area contributed by atoms with Gasteiger partial charge in [-0.15, -0.1) is 39.7 Å². The zero-order valence-electron chi connectivity index (χ0n) is 26.6. The van der Waals surface area contributed by atoms with Gasteiger partial charge in [-0.1, -0.05) is 116 Å². The van der Waals surface area contributed by atoms with Crippen molar-refractivity contribution in [1.82, 2.24) is 0 Å². The fraction of sp³-hybridized carbons (Fsp3) is 0.514. The summed E-state index contributed by atoms with van der Waals surface area (Å²) in [4.78, 5) is 0. The Morgan fingerprint density at radius 3 is 1.52 bits per heavy atom. The topological polar surface area (TPSA) is 0 Å². The molecule has 0 nitrogen and oxygen atoms in total. The summed E-state index contributed by atoms with van der Waals surface area (Å²) in [6.07, 6.45) is 13.0. The first-order chi connectivity index (χ1) is 17.7. The van der Waals surface area contributed by atoms with E-state index in [1.807, 2.05) is 0 Å². The average molecular weight is 657 g/mol. The first-order valence-electron chi connectivity index (χ1n) is 14.7. The molecule has 0 spiro atoms. The molecule has 0 N–H and O–H groups in total. The van der Waals surface area contributed by atoms with Gasteiger partial charge in [-0.25, -0.2) is 5.57 Å². The van der Waals surface area contributed by atoms with Crippen LogP contribution in [0.4, 0.5) is 0 Å². The summed E-state index contributed by atoms with van der Waals surface area (Å²) in [7, 11) is 0. The summed E-state index contributed by atoms with van der Waals surface area (Å²) in [5.74, 6) is 1.20. The number of hydrogen-bond donors (Lipinski definition) is 0. The van der Waals surface area contributed by atoms with Gasteiger partial charge >= 0.3 is 59.5 Å². The first kappa shape index (κ1) is 37.1. The second kappa shape index (κ2) is 15.6. The van der Waals surface area contributed by atoms with Crippen LogP contribution < -0.4 is 24.8 Å². The van der Waals surface area contributed by atoms with Crippen LogP contribution in [0.25, 0.3) is 21.5 Å². The predicted molar refractivity (Wildman–Crippen MR) is 167 cm³/mol. The Hall–Kier alpha value is -0.877. The van der Waals surface area contributed by atoms with Crippen LogP contribution in [-0.2, 0) is 35.1 Å². The minimum atomic E-state index is 0. The third kappa shape index (κ3) is 10.1. The molecule has 5 rings (SSSR count). The average Bonchev–Trinajstić information content (AvgIpc) is 3.37. The quantitative estimate of drug-likeness (QED) is 0.326. The first-order valence-corrected chi connectivity index (χ1v) is 15.9. The predicted octanol–water partition coefficient (Wildman–Crippen LogP) is 4.95. The van der Waals surface area contributed by atoms with E-state index in [1.165, 1.54) is 75.9 Å². The zero-order chi connectivity index (χ0) is 28.3. The SMILES string of the molecule is CC(C)(C)c1ccc2[cH-]c3ccc(C(C)(C)C)cc3c2c1.CC1=[C-]C(C)C=C1C(C)C.[Cl-].[Cl-].[Zr+2]=[C]1CCCCC1. The molecule has 2 aliphatic carbocycles. The van der Waals surface area contributed by atoms with Crippen molar-refractivity contribution in [3.8, 4) is 0 Å². The molecule has 0 saturated heterocycles. The van der Waals surface area contributed by atoms with Crippen LogP contribution in [0, 0.1) is 17.9 Å². The van der Waals surface area contributed by atoms with Crippen molar-refractivity contribution >= 4 is 24.8 Å². The van der Waals surface area contributed by atoms with Crippen LogP contribution in [0.5, 0.6) is 0 Å². The van der Waals surface area contributed by atoms with E-state index in [9.17, 15) is 0 Å². The van der Waals surface area contributed by atoms with Gasteiger partial charge in [0.05, 0.1) is 0 Å². The van der Waals surface area contributed by atoms with E-state index in [2.05, 4.69) is 124 Å². The third-order valence-electron chi connectivity index (χ3n) is 7.83. The van der Waals surface area contributed by atoms with E-state index in [0.717, 1.165) is 0 Å². The molecule has 3 heteroatoms. The van der Waals surface area contributed by atoms with Gasteiger partial charge in [0, 0.05) is 0 Å². The Balaban J connectivity index is 0.000000351. The van der Waals surface area contributed by atoms with E-state index >= 15 is 0 Å². The normalized spacial score (nSPS) is 17.2. The molecular formula is C37H50Cl2Zr-2. The maximum absolute atomic E-state index is 3.37. The van der Waals surface area contributed by atoms with Gasteiger partial charge in [0.2, 0.25) is 0 Å². The van der Waals surface area contributed by atoms with Crippen molar-refractivity contribution < 1.29 is 49.0 Å². The van der Waals surface area contributed by atoms with Crippen molar-refractivity contribution in [3.05, 3.63) is 76.9 Å². The summed E-state index contributed by atoms with van der Waals surface area (Å²) < 4.78 is 1.80. The number of fused-ring (bicyclic) bond motifs is 3. The van der Waals surface area contributed by atoms with Gasteiger partial charge in [0.1, 0.15) is 0 Å². The molecule has 1 saturated carbocycles. The van der Waals surface area contributed by atoms with Gasteiger partial charge < -0.3 is 24.8 Å². The van der Waals surface area contributed by atoms with Crippen LogP contribution in [-0.4, -0.2) is 3.21 Å². The standard InChI is InChI=1S/C21H25.C10H15.C6H10.2ClH.Zr/c1-20(2,3)16-9-7-14-11-15-8-10-17(21(4,5)6)13-19(15)18(14)12-16;1-7(2)10-6-8(3)5-9(10)4;1-2-4-6-5-3-1;;;/h7-13H,1-6H3;6-8H,1-4H3;1-5H2;2*1H;/q2*-1;;;;+2/p-2. The fourth-order valence-corrected chi connectivity index (χ4v) is 6.27. The van der Waals surface area contributed by atoms with E-state index in [1.54, 1.807) is 27.4 Å². The third-order valence-corrected chi connectivity index (χ3v) is 9.05. The second-order valence-electron chi connectivity index (χ2n) is 13.7. The molecular weight excluding hydrogens is 607 g/mol. The van der Waals surface area contributed by atoms with Crippen LogP contribution >= 0.6 is 0 Å². The Kier molecular flexibility index (Phi) is 14.4. The molecule has 0 amide bonds. The number of allylic oxidation sites excluding steroid dienone is 4. The second-order valence-corrected chi connectivity index (χ2v) is 15.5. The van der Waals surface area contributed by atoms with Crippen molar-refractivity contribution in [2.45, 2.75) is 112 Å². The number of benzene rings is 2. The molecule has 0 aromatic heterocycles. The molecule has 1 atom stereocenters. The Bertz CT molecular complexity index is 1250. The zero-order valence-corrected chi connectivity index (χ0v) is 30.5. The fourth-order valence-electron chi connectivity index (χ4n) is 5.40. The molecule has 3 aromatic rings. The molecule has 40 heavy (non-hydrogen) atoms. The summed E-state index contributed by atoms with van der Waals surface area (Å²) in [6.45, 7) is 22.5. The molecule has 0 bridgehead atoms. The summed E-state index contributed by atoms with van der Waals surface area (Å²) in [6, 6.07) is 16.1. The van der Waals surface area contributed by atoms with E-state index in [4.69, 9.17) is 0 Å². The molecule has 0 radical (unpaired) electrons. The van der Waals surface area contributed by atoms with Crippen molar-refractivity contribution in [1.29, 1.82) is 0 Å². The Morgan fingerprint density at radius 2 is 1.25 bits per heavy atom. The monoisotopic (exact) mass is 654 g/mol. The van der Waals surface area contributed by atoms with E-state index in [0.29, 0.717) is 11.8 Å². The van der Waals surface area contributed by atoms with E-state index in [-0.39, 0.29) is 35.6 Å². The molecule has 1 unspecified atom stereocenters. The molecule has 2 aliphatic rings. The van der Waals surface area contributed by atoms with Gasteiger partial charge in [-0.05, 0) is 10.8 Å². The van der Waals surface area contributed by atoms with Crippen LogP contribution in [0.1, 0.15) is 112 Å². The van der Waals surface area contributed by atoms with Gasteiger partial charge in [0.15, 0.2) is 0 Å². The van der Waals surface area contributed by atoms with Gasteiger partial charge in [-0.2, -0.15) is 11.6 Å². The number of rotatable bonds is 1. The molecule has 218 valence electrons. The van der Waals surface area contributed by atoms with Crippen molar-refractivity contribution in [3.63, 3.8) is 0 Å². The summed E-state index contributed by atoms with van der Waals surface area (Å²) in [5, 5.41) is 5.49. The minimum absolute atomic E-state index is 0. The Labute approximate surface area is 273 Å².